The SMILES string of the molecule is CCCOCCc1nc(Br)ns1. The van der Waals surface area contributed by atoms with Crippen LogP contribution in [0.4, 0.5) is 0 Å². The van der Waals surface area contributed by atoms with E-state index in [2.05, 4.69) is 32.2 Å². The number of hydrogen-bond acceptors (Lipinski definition) is 4. The van der Waals surface area contributed by atoms with Crippen LogP contribution in [-0.4, -0.2) is 22.6 Å². The highest BCUT2D eigenvalue weighted by Crippen LogP contribution is 2.09. The number of rotatable bonds is 5. The number of nitrogens with zero attached hydrogens (tertiary/aromatic N) is 2. The fourth-order valence-electron chi connectivity index (χ4n) is 0.742. The van der Waals surface area contributed by atoms with E-state index in [1.807, 2.05) is 0 Å². The minimum absolute atomic E-state index is 0.679. The fourth-order valence-corrected chi connectivity index (χ4v) is 1.81. The van der Waals surface area contributed by atoms with Gasteiger partial charge >= 0.3 is 0 Å². The van der Waals surface area contributed by atoms with E-state index in [9.17, 15) is 0 Å². The van der Waals surface area contributed by atoms with Crippen LogP contribution in [0.25, 0.3) is 0 Å². The van der Waals surface area contributed by atoms with Crippen LogP contribution in [0, 0.1) is 0 Å². The molecule has 1 aromatic rings. The highest BCUT2D eigenvalue weighted by Gasteiger charge is 1.99. The predicted molar refractivity (Wildman–Crippen MR) is 52.4 cm³/mol. The van der Waals surface area contributed by atoms with Crippen LogP contribution in [0.15, 0.2) is 4.73 Å². The fraction of sp³-hybridized carbons (Fsp3) is 0.714. The van der Waals surface area contributed by atoms with Gasteiger partial charge in [0.1, 0.15) is 5.01 Å². The Morgan fingerprint density at radius 3 is 2.92 bits per heavy atom. The summed E-state index contributed by atoms with van der Waals surface area (Å²) in [6.45, 7) is 3.68. The molecule has 0 fully saturated rings. The Bertz CT molecular complexity index is 229. The summed E-state index contributed by atoms with van der Waals surface area (Å²) in [6, 6.07) is 0. The van der Waals surface area contributed by atoms with Crippen molar-refractivity contribution in [1.29, 1.82) is 0 Å². The van der Waals surface area contributed by atoms with Crippen LogP contribution in [0.5, 0.6) is 0 Å². The van der Waals surface area contributed by atoms with E-state index in [1.54, 1.807) is 0 Å². The summed E-state index contributed by atoms with van der Waals surface area (Å²) >= 11 is 4.62. The second-order valence-corrected chi connectivity index (χ2v) is 3.87. The summed E-state index contributed by atoms with van der Waals surface area (Å²) in [6.07, 6.45) is 1.93. The zero-order valence-electron chi connectivity index (χ0n) is 6.92. The first kappa shape index (κ1) is 10.1. The minimum Gasteiger partial charge on any atom is -0.381 e. The lowest BCUT2D eigenvalue weighted by molar-refractivity contribution is 0.138. The van der Waals surface area contributed by atoms with E-state index in [-0.39, 0.29) is 0 Å². The van der Waals surface area contributed by atoms with E-state index in [0.29, 0.717) is 4.73 Å². The van der Waals surface area contributed by atoms with Crippen LogP contribution in [0.3, 0.4) is 0 Å². The number of halogens is 1. The molecule has 0 aliphatic carbocycles. The van der Waals surface area contributed by atoms with E-state index in [0.717, 1.165) is 31.1 Å². The van der Waals surface area contributed by atoms with Gasteiger partial charge in [-0.25, -0.2) is 4.98 Å². The van der Waals surface area contributed by atoms with Crippen molar-refractivity contribution in [3.05, 3.63) is 9.74 Å². The molecule has 0 spiro atoms. The van der Waals surface area contributed by atoms with Crippen molar-refractivity contribution in [3.63, 3.8) is 0 Å². The minimum atomic E-state index is 0.679. The molecule has 0 unspecified atom stereocenters. The molecule has 0 aromatic carbocycles. The molecule has 0 aliphatic rings. The van der Waals surface area contributed by atoms with E-state index >= 15 is 0 Å². The molecule has 0 saturated carbocycles. The Morgan fingerprint density at radius 1 is 1.50 bits per heavy atom. The van der Waals surface area contributed by atoms with Gasteiger partial charge in [-0.15, -0.1) is 0 Å². The summed E-state index contributed by atoms with van der Waals surface area (Å²) in [4.78, 5) is 4.15. The van der Waals surface area contributed by atoms with E-state index < -0.39 is 0 Å². The third-order valence-corrected chi connectivity index (χ3v) is 2.61. The maximum atomic E-state index is 5.32. The first-order chi connectivity index (χ1) is 5.83. The first-order valence-corrected chi connectivity index (χ1v) is 5.45. The molecule has 3 nitrogen and oxygen atoms in total. The van der Waals surface area contributed by atoms with E-state index in [1.165, 1.54) is 11.5 Å². The molecule has 0 amide bonds. The van der Waals surface area contributed by atoms with Gasteiger partial charge in [-0.2, -0.15) is 4.37 Å². The molecular formula is C7H11BrN2OS. The zero-order valence-corrected chi connectivity index (χ0v) is 9.32. The monoisotopic (exact) mass is 250 g/mol. The lowest BCUT2D eigenvalue weighted by Crippen LogP contribution is -1.98. The molecule has 0 aliphatic heterocycles. The molecule has 0 bridgehead atoms. The van der Waals surface area contributed by atoms with Gasteiger partial charge in [0.2, 0.25) is 4.73 Å². The third kappa shape index (κ3) is 3.60. The standard InChI is InChI=1S/C7H11BrN2OS/c1-2-4-11-5-3-6-9-7(8)10-12-6/h2-5H2,1H3. The molecule has 68 valence electrons. The number of hydrogen-bond donors (Lipinski definition) is 0. The van der Waals surface area contributed by atoms with Crippen molar-refractivity contribution in [1.82, 2.24) is 9.36 Å². The van der Waals surface area contributed by atoms with Crippen molar-refractivity contribution in [2.75, 3.05) is 13.2 Å². The smallest absolute Gasteiger partial charge is 0.209 e. The summed E-state index contributed by atoms with van der Waals surface area (Å²) in [5, 5.41) is 1.03. The summed E-state index contributed by atoms with van der Waals surface area (Å²) < 4.78 is 10.0. The number of aromatic nitrogens is 2. The van der Waals surface area contributed by atoms with Gasteiger partial charge in [-0.05, 0) is 33.9 Å². The zero-order chi connectivity index (χ0) is 8.81. The topological polar surface area (TPSA) is 35.0 Å². The van der Waals surface area contributed by atoms with Crippen LogP contribution in [0.1, 0.15) is 18.4 Å². The van der Waals surface area contributed by atoms with Crippen molar-refractivity contribution >= 4 is 27.5 Å². The van der Waals surface area contributed by atoms with Crippen molar-refractivity contribution < 1.29 is 4.74 Å². The van der Waals surface area contributed by atoms with Gasteiger partial charge in [-0.1, -0.05) is 6.92 Å². The Morgan fingerprint density at radius 2 is 2.33 bits per heavy atom. The van der Waals surface area contributed by atoms with Crippen molar-refractivity contribution in [2.45, 2.75) is 19.8 Å². The molecule has 0 N–H and O–H groups in total. The lowest BCUT2D eigenvalue weighted by atomic mass is 10.5. The Hall–Kier alpha value is -0.0000000000000000278. The molecule has 0 radical (unpaired) electrons. The maximum Gasteiger partial charge on any atom is 0.209 e. The molecular weight excluding hydrogens is 240 g/mol. The molecule has 0 saturated heterocycles. The Kier molecular flexibility index (Phi) is 4.72. The average Bonchev–Trinajstić information content (AvgIpc) is 2.45. The molecule has 1 rings (SSSR count). The van der Waals surface area contributed by atoms with Crippen LogP contribution in [0.2, 0.25) is 0 Å². The van der Waals surface area contributed by atoms with Crippen molar-refractivity contribution in [2.24, 2.45) is 0 Å². The predicted octanol–water partition coefficient (Wildman–Crippen LogP) is 2.27. The molecule has 1 aromatic heterocycles. The summed E-state index contributed by atoms with van der Waals surface area (Å²) in [7, 11) is 0. The van der Waals surface area contributed by atoms with Gasteiger partial charge in [-0.3, -0.25) is 0 Å². The van der Waals surface area contributed by atoms with Crippen LogP contribution in [-0.2, 0) is 11.2 Å². The summed E-state index contributed by atoms with van der Waals surface area (Å²) in [5.41, 5.74) is 0. The van der Waals surface area contributed by atoms with E-state index in [4.69, 9.17) is 4.74 Å². The maximum absolute atomic E-state index is 5.32. The Balaban J connectivity index is 2.15. The van der Waals surface area contributed by atoms with Crippen LogP contribution >= 0.6 is 27.5 Å². The molecule has 0 atom stereocenters. The van der Waals surface area contributed by atoms with Crippen LogP contribution < -0.4 is 0 Å². The molecule has 1 heterocycles. The average molecular weight is 251 g/mol. The highest BCUT2D eigenvalue weighted by atomic mass is 79.9. The van der Waals surface area contributed by atoms with Gasteiger partial charge in [0.25, 0.3) is 0 Å². The third-order valence-electron chi connectivity index (χ3n) is 1.25. The van der Waals surface area contributed by atoms with Gasteiger partial charge < -0.3 is 4.74 Å². The van der Waals surface area contributed by atoms with Gasteiger partial charge in [0.15, 0.2) is 0 Å². The van der Waals surface area contributed by atoms with Gasteiger partial charge in [0, 0.05) is 13.0 Å². The van der Waals surface area contributed by atoms with Gasteiger partial charge in [0.05, 0.1) is 6.61 Å². The molecule has 5 heteroatoms. The molecule has 12 heavy (non-hydrogen) atoms. The number of ether oxygens (including phenoxy) is 1. The lowest BCUT2D eigenvalue weighted by Gasteiger charge is -1.97. The normalized spacial score (nSPS) is 10.5. The quantitative estimate of drug-likeness (QED) is 0.753. The summed E-state index contributed by atoms with van der Waals surface area (Å²) in [5.74, 6) is 0. The van der Waals surface area contributed by atoms with Crippen molar-refractivity contribution in [3.8, 4) is 0 Å². The highest BCUT2D eigenvalue weighted by molar-refractivity contribution is 9.10. The second-order valence-electron chi connectivity index (χ2n) is 2.32. The Labute approximate surface area is 84.5 Å². The first-order valence-electron chi connectivity index (χ1n) is 3.88. The second kappa shape index (κ2) is 5.61. The largest absolute Gasteiger partial charge is 0.381 e.